The molecule has 16 heavy (non-hydrogen) atoms. The summed E-state index contributed by atoms with van der Waals surface area (Å²) >= 11 is 6.92. The smallest absolute Gasteiger partial charge is 0.106 e. The lowest BCUT2D eigenvalue weighted by Crippen LogP contribution is -2.23. The molecule has 0 atom stereocenters. The molecule has 0 aliphatic carbocycles. The Morgan fingerprint density at radius 3 is 2.75 bits per heavy atom. The quantitative estimate of drug-likeness (QED) is 0.624. The molecule has 0 spiro atoms. The Morgan fingerprint density at radius 1 is 1.44 bits per heavy atom. The van der Waals surface area contributed by atoms with Gasteiger partial charge in [0.25, 0.3) is 0 Å². The van der Waals surface area contributed by atoms with Crippen molar-refractivity contribution in [1.82, 2.24) is 0 Å². The highest BCUT2D eigenvalue weighted by Gasteiger charge is 2.07. The number of thioether (sulfide) groups is 1. The van der Waals surface area contributed by atoms with Crippen molar-refractivity contribution in [3.05, 3.63) is 29.8 Å². The molecule has 0 aliphatic rings. The molecule has 0 fully saturated rings. The summed E-state index contributed by atoms with van der Waals surface area (Å²) in [7, 11) is 2.08. The van der Waals surface area contributed by atoms with E-state index in [0.29, 0.717) is 4.99 Å². The molecule has 0 heterocycles. The second kappa shape index (κ2) is 6.76. The van der Waals surface area contributed by atoms with E-state index in [1.807, 2.05) is 30.0 Å². The molecular formula is C12H18N2S2. The third-order valence-electron chi connectivity index (χ3n) is 2.42. The number of nitrogens with two attached hydrogens (primary N) is 1. The van der Waals surface area contributed by atoms with Crippen molar-refractivity contribution in [3.8, 4) is 0 Å². The molecule has 1 rings (SSSR count). The fourth-order valence-corrected chi connectivity index (χ4v) is 2.17. The van der Waals surface area contributed by atoms with Gasteiger partial charge in [-0.2, -0.15) is 11.8 Å². The van der Waals surface area contributed by atoms with E-state index in [2.05, 4.69) is 24.3 Å². The van der Waals surface area contributed by atoms with Gasteiger partial charge in [0.15, 0.2) is 0 Å². The minimum absolute atomic E-state index is 0.465. The third-order valence-corrected chi connectivity index (χ3v) is 3.34. The summed E-state index contributed by atoms with van der Waals surface area (Å²) in [4.78, 5) is 2.68. The van der Waals surface area contributed by atoms with Crippen molar-refractivity contribution in [2.45, 2.75) is 6.42 Å². The molecule has 2 nitrogen and oxygen atoms in total. The Balaban J connectivity index is 2.74. The number of benzene rings is 1. The largest absolute Gasteiger partial charge is 0.389 e. The van der Waals surface area contributed by atoms with Gasteiger partial charge in [-0.1, -0.05) is 24.4 Å². The van der Waals surface area contributed by atoms with Gasteiger partial charge in [-0.05, 0) is 30.6 Å². The number of rotatable bonds is 6. The van der Waals surface area contributed by atoms with Crippen LogP contribution in [-0.4, -0.2) is 30.6 Å². The number of anilines is 1. The highest BCUT2D eigenvalue weighted by atomic mass is 32.2. The van der Waals surface area contributed by atoms with Gasteiger partial charge in [0.2, 0.25) is 0 Å². The van der Waals surface area contributed by atoms with Crippen molar-refractivity contribution >= 4 is 34.7 Å². The summed E-state index contributed by atoms with van der Waals surface area (Å²) in [6, 6.07) is 8.02. The van der Waals surface area contributed by atoms with Gasteiger partial charge in [-0.15, -0.1) is 0 Å². The number of hydrogen-bond donors (Lipinski definition) is 1. The summed E-state index contributed by atoms with van der Waals surface area (Å²) in [5, 5.41) is 0. The minimum atomic E-state index is 0.465. The van der Waals surface area contributed by atoms with Crippen LogP contribution in [0.2, 0.25) is 0 Å². The van der Waals surface area contributed by atoms with Crippen LogP contribution in [0.4, 0.5) is 5.69 Å². The standard InChI is InChI=1S/C12H18N2S2/c1-14(8-5-9-16-2)11-7-4-3-6-10(11)12(13)15/h3-4,6-7H,5,8-9H2,1-2H3,(H2,13,15). The Morgan fingerprint density at radius 2 is 2.12 bits per heavy atom. The number of thiocarbonyl (C=S) groups is 1. The van der Waals surface area contributed by atoms with Gasteiger partial charge in [0.1, 0.15) is 4.99 Å². The van der Waals surface area contributed by atoms with Crippen LogP contribution in [0.1, 0.15) is 12.0 Å². The number of para-hydroxylation sites is 1. The highest BCUT2D eigenvalue weighted by Crippen LogP contribution is 2.19. The van der Waals surface area contributed by atoms with Crippen molar-refractivity contribution in [3.63, 3.8) is 0 Å². The maximum absolute atomic E-state index is 5.71. The number of hydrogen-bond acceptors (Lipinski definition) is 3. The Bertz CT molecular complexity index is 353. The molecule has 2 N–H and O–H groups in total. The van der Waals surface area contributed by atoms with Crippen LogP contribution in [0.25, 0.3) is 0 Å². The zero-order chi connectivity index (χ0) is 12.0. The van der Waals surface area contributed by atoms with E-state index in [1.54, 1.807) is 0 Å². The molecule has 0 saturated carbocycles. The Kier molecular flexibility index (Phi) is 5.63. The zero-order valence-electron chi connectivity index (χ0n) is 9.77. The average Bonchev–Trinajstić information content (AvgIpc) is 2.29. The van der Waals surface area contributed by atoms with Crippen LogP contribution in [-0.2, 0) is 0 Å². The number of nitrogens with zero attached hydrogens (tertiary/aromatic N) is 1. The van der Waals surface area contributed by atoms with Crippen molar-refractivity contribution < 1.29 is 0 Å². The molecule has 0 aromatic heterocycles. The first-order valence-corrected chi connectivity index (χ1v) is 7.06. The molecule has 0 saturated heterocycles. The molecule has 88 valence electrons. The maximum atomic E-state index is 5.71. The third kappa shape index (κ3) is 3.68. The lowest BCUT2D eigenvalue weighted by molar-refractivity contribution is 0.859. The van der Waals surface area contributed by atoms with E-state index in [0.717, 1.165) is 17.8 Å². The van der Waals surface area contributed by atoms with Crippen LogP contribution < -0.4 is 10.6 Å². The van der Waals surface area contributed by atoms with Crippen molar-refractivity contribution in [2.75, 3.05) is 30.5 Å². The van der Waals surface area contributed by atoms with Gasteiger partial charge in [-0.25, -0.2) is 0 Å². The van der Waals surface area contributed by atoms with E-state index in [-0.39, 0.29) is 0 Å². The molecule has 1 aromatic rings. The predicted octanol–water partition coefficient (Wildman–Crippen LogP) is 2.51. The van der Waals surface area contributed by atoms with Crippen LogP contribution in [0.15, 0.2) is 24.3 Å². The van der Waals surface area contributed by atoms with Crippen molar-refractivity contribution in [2.24, 2.45) is 5.73 Å². The van der Waals surface area contributed by atoms with Crippen LogP contribution in [0.5, 0.6) is 0 Å². The highest BCUT2D eigenvalue weighted by molar-refractivity contribution is 7.98. The first-order chi connectivity index (χ1) is 7.66. The molecular weight excluding hydrogens is 236 g/mol. The van der Waals surface area contributed by atoms with E-state index >= 15 is 0 Å². The topological polar surface area (TPSA) is 29.3 Å². The van der Waals surface area contributed by atoms with E-state index in [9.17, 15) is 0 Å². The average molecular weight is 254 g/mol. The van der Waals surface area contributed by atoms with E-state index < -0.39 is 0 Å². The predicted molar refractivity (Wildman–Crippen MR) is 78.6 cm³/mol. The Hall–Kier alpha value is -0.740. The second-order valence-corrected chi connectivity index (χ2v) is 5.07. The monoisotopic (exact) mass is 254 g/mol. The second-order valence-electron chi connectivity index (χ2n) is 3.65. The van der Waals surface area contributed by atoms with Gasteiger partial charge in [0.05, 0.1) is 0 Å². The summed E-state index contributed by atoms with van der Waals surface area (Å²) in [6.07, 6.45) is 3.30. The lowest BCUT2D eigenvalue weighted by Gasteiger charge is -2.21. The normalized spacial score (nSPS) is 10.1. The molecule has 0 unspecified atom stereocenters. The van der Waals surface area contributed by atoms with Crippen LogP contribution in [0.3, 0.4) is 0 Å². The van der Waals surface area contributed by atoms with Gasteiger partial charge in [-0.3, -0.25) is 0 Å². The van der Waals surface area contributed by atoms with Crippen LogP contribution in [0, 0.1) is 0 Å². The van der Waals surface area contributed by atoms with Crippen LogP contribution >= 0.6 is 24.0 Å². The molecule has 0 amide bonds. The molecule has 0 aliphatic heterocycles. The van der Waals surface area contributed by atoms with Crippen molar-refractivity contribution in [1.29, 1.82) is 0 Å². The molecule has 1 aromatic carbocycles. The molecule has 0 radical (unpaired) electrons. The SMILES string of the molecule is CSCCCN(C)c1ccccc1C(N)=S. The molecule has 0 bridgehead atoms. The van der Waals surface area contributed by atoms with Gasteiger partial charge < -0.3 is 10.6 Å². The van der Waals surface area contributed by atoms with Gasteiger partial charge >= 0.3 is 0 Å². The minimum Gasteiger partial charge on any atom is -0.389 e. The molecule has 4 heteroatoms. The zero-order valence-corrected chi connectivity index (χ0v) is 11.4. The maximum Gasteiger partial charge on any atom is 0.106 e. The van der Waals surface area contributed by atoms with Gasteiger partial charge in [0, 0.05) is 24.8 Å². The summed E-state index contributed by atoms with van der Waals surface area (Å²) in [5.74, 6) is 1.18. The van der Waals surface area contributed by atoms with E-state index in [1.165, 1.54) is 12.2 Å². The Labute approximate surface area is 107 Å². The lowest BCUT2D eigenvalue weighted by atomic mass is 10.1. The summed E-state index contributed by atoms with van der Waals surface area (Å²) in [6.45, 7) is 1.03. The van der Waals surface area contributed by atoms with E-state index in [4.69, 9.17) is 18.0 Å². The first-order valence-electron chi connectivity index (χ1n) is 5.25. The fourth-order valence-electron chi connectivity index (χ4n) is 1.58. The summed E-state index contributed by atoms with van der Waals surface area (Å²) < 4.78 is 0. The summed E-state index contributed by atoms with van der Waals surface area (Å²) in [5.41, 5.74) is 7.79. The fraction of sp³-hybridized carbons (Fsp3) is 0.417. The first kappa shape index (κ1) is 13.3.